The van der Waals surface area contributed by atoms with Crippen LogP contribution in [0.4, 0.5) is 0 Å². The molecule has 0 bridgehead atoms. The molecule has 1 aromatic heterocycles. The van der Waals surface area contributed by atoms with Gasteiger partial charge in [-0.15, -0.1) is 11.8 Å². The molecule has 2 aliphatic rings. The van der Waals surface area contributed by atoms with Crippen LogP contribution in [0, 0.1) is 6.92 Å². The van der Waals surface area contributed by atoms with Crippen molar-refractivity contribution in [2.45, 2.75) is 48.4 Å². The van der Waals surface area contributed by atoms with Crippen LogP contribution in [0.25, 0.3) is 0 Å². The van der Waals surface area contributed by atoms with Crippen molar-refractivity contribution in [1.82, 2.24) is 4.90 Å². The lowest BCUT2D eigenvalue weighted by Crippen LogP contribution is -2.63. The largest absolute Gasteiger partial charge is 0.519 e. The summed E-state index contributed by atoms with van der Waals surface area (Å²) in [5.74, 6) is -1.02. The highest BCUT2D eigenvalue weighted by Gasteiger charge is 2.63. The van der Waals surface area contributed by atoms with E-state index in [9.17, 15) is 14.4 Å². The summed E-state index contributed by atoms with van der Waals surface area (Å²) in [4.78, 5) is 36.6. The number of thioether (sulfide) groups is 1. The molecule has 7 nitrogen and oxygen atoms in total. The monoisotopic (exact) mass is 391 g/mol. The van der Waals surface area contributed by atoms with Gasteiger partial charge in [-0.05, 0) is 20.8 Å². The van der Waals surface area contributed by atoms with Gasteiger partial charge < -0.3 is 18.5 Å². The summed E-state index contributed by atoms with van der Waals surface area (Å²) in [6, 6.07) is -0.664. The minimum Gasteiger partial charge on any atom is -0.456 e. The van der Waals surface area contributed by atoms with Crippen LogP contribution in [0.1, 0.15) is 25.4 Å². The number of rotatable bonds is 3. The third-order valence-corrected chi connectivity index (χ3v) is 6.59. The van der Waals surface area contributed by atoms with E-state index in [1.807, 2.05) is 13.8 Å². The molecule has 0 unspecified atom stereocenters. The first-order valence-corrected chi connectivity index (χ1v) is 8.42. The molecule has 2 aliphatic heterocycles. The van der Waals surface area contributed by atoms with Crippen LogP contribution in [0.3, 0.4) is 0 Å². The molecular formula is C13H14BrNO6S. The highest BCUT2D eigenvalue weighted by Crippen LogP contribution is 2.52. The SMILES string of the molecule is Cc1oc(=O)oc1COC(=O)[C@@H]1N2C(=O)[C@@H](Br)[C@H]2SC1(C)C. The van der Waals surface area contributed by atoms with E-state index in [0.29, 0.717) is 0 Å². The molecule has 3 atom stereocenters. The molecule has 9 heteroatoms. The van der Waals surface area contributed by atoms with Crippen LogP contribution in [-0.4, -0.2) is 37.8 Å². The van der Waals surface area contributed by atoms with Gasteiger partial charge in [0.15, 0.2) is 18.1 Å². The summed E-state index contributed by atoms with van der Waals surface area (Å²) in [6.07, 6.45) is 0. The summed E-state index contributed by atoms with van der Waals surface area (Å²) >= 11 is 4.88. The van der Waals surface area contributed by atoms with Crippen molar-refractivity contribution in [2.24, 2.45) is 0 Å². The maximum atomic E-state index is 12.4. The second-order valence-electron chi connectivity index (χ2n) is 5.70. The fraction of sp³-hybridized carbons (Fsp3) is 0.615. The summed E-state index contributed by atoms with van der Waals surface area (Å²) in [7, 11) is 0. The maximum absolute atomic E-state index is 12.4. The van der Waals surface area contributed by atoms with E-state index in [-0.39, 0.29) is 34.2 Å². The van der Waals surface area contributed by atoms with Gasteiger partial charge in [-0.3, -0.25) is 4.79 Å². The Morgan fingerprint density at radius 3 is 2.68 bits per heavy atom. The van der Waals surface area contributed by atoms with Crippen molar-refractivity contribution in [3.8, 4) is 0 Å². The van der Waals surface area contributed by atoms with E-state index >= 15 is 0 Å². The zero-order valence-corrected chi connectivity index (χ0v) is 14.5. The summed E-state index contributed by atoms with van der Waals surface area (Å²) in [5, 5.41) is -0.0614. The lowest BCUT2D eigenvalue weighted by atomic mass is 9.98. The lowest BCUT2D eigenvalue weighted by Gasteiger charge is -2.41. The Balaban J connectivity index is 1.73. The van der Waals surface area contributed by atoms with Gasteiger partial charge >= 0.3 is 11.8 Å². The number of β-lactam (4-membered cyclic amide) rings is 1. The summed E-state index contributed by atoms with van der Waals surface area (Å²) in [5.41, 5.74) is 0. The number of fused-ring (bicyclic) bond motifs is 1. The molecule has 2 fully saturated rings. The van der Waals surface area contributed by atoms with E-state index in [4.69, 9.17) is 13.6 Å². The second kappa shape index (κ2) is 5.16. The minimum absolute atomic E-state index is 0.0614. The molecule has 1 amide bonds. The average molecular weight is 392 g/mol. The zero-order chi connectivity index (χ0) is 16.2. The molecule has 0 radical (unpaired) electrons. The molecule has 1 aromatic rings. The Bertz CT molecular complexity index is 695. The molecule has 0 spiro atoms. The Morgan fingerprint density at radius 2 is 2.09 bits per heavy atom. The number of carbonyl (C=O) groups excluding carboxylic acids is 2. The number of esters is 1. The van der Waals surface area contributed by atoms with Crippen LogP contribution in [-0.2, 0) is 20.9 Å². The predicted molar refractivity (Wildman–Crippen MR) is 80.6 cm³/mol. The second-order valence-corrected chi connectivity index (χ2v) is 8.46. The molecule has 22 heavy (non-hydrogen) atoms. The van der Waals surface area contributed by atoms with Gasteiger partial charge in [-0.2, -0.15) is 0 Å². The third-order valence-electron chi connectivity index (χ3n) is 3.78. The van der Waals surface area contributed by atoms with Gasteiger partial charge in [-0.25, -0.2) is 9.59 Å². The number of halogens is 1. The predicted octanol–water partition coefficient (Wildman–Crippen LogP) is 1.41. The Kier molecular flexibility index (Phi) is 3.67. The number of nitrogens with zero attached hydrogens (tertiary/aromatic N) is 1. The number of hydrogen-bond donors (Lipinski definition) is 0. The van der Waals surface area contributed by atoms with Gasteiger partial charge in [0.1, 0.15) is 16.2 Å². The van der Waals surface area contributed by atoms with Gasteiger partial charge in [-0.1, -0.05) is 15.9 Å². The van der Waals surface area contributed by atoms with Crippen molar-refractivity contribution in [3.63, 3.8) is 0 Å². The number of carbonyl (C=O) groups is 2. The molecule has 0 aromatic carbocycles. The van der Waals surface area contributed by atoms with Crippen molar-refractivity contribution >= 4 is 39.6 Å². The van der Waals surface area contributed by atoms with Gasteiger partial charge in [0.2, 0.25) is 5.91 Å². The fourth-order valence-corrected chi connectivity index (χ4v) is 5.02. The van der Waals surface area contributed by atoms with E-state index in [2.05, 4.69) is 15.9 Å². The molecular weight excluding hydrogens is 378 g/mol. The molecule has 2 saturated heterocycles. The topological polar surface area (TPSA) is 90.0 Å². The van der Waals surface area contributed by atoms with Gasteiger partial charge in [0.05, 0.1) is 0 Å². The van der Waals surface area contributed by atoms with Gasteiger partial charge in [0, 0.05) is 4.75 Å². The first-order chi connectivity index (χ1) is 10.2. The van der Waals surface area contributed by atoms with E-state index in [1.54, 1.807) is 23.6 Å². The molecule has 0 saturated carbocycles. The van der Waals surface area contributed by atoms with E-state index in [1.165, 1.54) is 0 Å². The van der Waals surface area contributed by atoms with Crippen molar-refractivity contribution in [1.29, 1.82) is 0 Å². The smallest absolute Gasteiger partial charge is 0.456 e. The van der Waals surface area contributed by atoms with Crippen molar-refractivity contribution in [3.05, 3.63) is 22.1 Å². The summed E-state index contributed by atoms with van der Waals surface area (Å²) in [6.45, 7) is 5.15. The minimum atomic E-state index is -0.833. The van der Waals surface area contributed by atoms with Crippen LogP contribution in [0.5, 0.6) is 0 Å². The van der Waals surface area contributed by atoms with Gasteiger partial charge in [0.25, 0.3) is 0 Å². The first-order valence-electron chi connectivity index (χ1n) is 6.62. The Labute approximate surface area is 138 Å². The molecule has 120 valence electrons. The Hall–Kier alpha value is -1.22. The van der Waals surface area contributed by atoms with E-state index in [0.717, 1.165) is 0 Å². The third kappa shape index (κ3) is 2.30. The van der Waals surface area contributed by atoms with Crippen LogP contribution < -0.4 is 5.82 Å². The lowest BCUT2D eigenvalue weighted by molar-refractivity contribution is -0.161. The summed E-state index contributed by atoms with van der Waals surface area (Å²) < 4.78 is 14.3. The van der Waals surface area contributed by atoms with Crippen molar-refractivity contribution < 1.29 is 23.2 Å². The molecule has 3 rings (SSSR count). The normalized spacial score (nSPS) is 29.2. The highest BCUT2D eigenvalue weighted by atomic mass is 79.9. The van der Waals surface area contributed by atoms with Crippen LogP contribution in [0.15, 0.2) is 13.6 Å². The Morgan fingerprint density at radius 1 is 1.41 bits per heavy atom. The number of amides is 1. The fourth-order valence-electron chi connectivity index (χ4n) is 2.67. The molecule has 0 N–H and O–H groups in total. The molecule has 0 aliphatic carbocycles. The van der Waals surface area contributed by atoms with E-state index < -0.39 is 22.6 Å². The maximum Gasteiger partial charge on any atom is 0.519 e. The highest BCUT2D eigenvalue weighted by molar-refractivity contribution is 9.10. The number of aryl methyl sites for hydroxylation is 1. The van der Waals surface area contributed by atoms with Crippen LogP contribution >= 0.6 is 27.7 Å². The number of ether oxygens (including phenoxy) is 1. The van der Waals surface area contributed by atoms with Crippen LogP contribution in [0.2, 0.25) is 0 Å². The van der Waals surface area contributed by atoms with Crippen molar-refractivity contribution in [2.75, 3.05) is 0 Å². The standard InChI is InChI=1S/C13H14BrNO6S/c1-5-6(21-12(18)20-5)4-19-11(17)8-13(2,3)22-10-7(14)9(16)15(8)10/h7-8,10H,4H2,1-3H3/t7-,8+,10-/m1/s1. The average Bonchev–Trinajstić information content (AvgIpc) is 2.90. The first kappa shape index (κ1) is 15.7. The zero-order valence-electron chi connectivity index (χ0n) is 12.1. The number of alkyl halides is 1. The molecule has 3 heterocycles. The number of hydrogen-bond acceptors (Lipinski definition) is 7. The quantitative estimate of drug-likeness (QED) is 0.437.